The van der Waals surface area contributed by atoms with Gasteiger partial charge in [-0.05, 0) is 77.3 Å². The third-order valence-electron chi connectivity index (χ3n) is 10.6. The molecule has 0 aromatic rings. The van der Waals surface area contributed by atoms with Gasteiger partial charge in [0.1, 0.15) is 30.2 Å². The number of hydrogen-bond acceptors (Lipinski definition) is 12. The number of rotatable bonds is 27. The third-order valence-corrected chi connectivity index (χ3v) is 12.3. The van der Waals surface area contributed by atoms with Crippen molar-refractivity contribution in [3.8, 4) is 0 Å². The number of nitrogens with zero attached hydrogens (tertiary/aromatic N) is 4. The van der Waals surface area contributed by atoms with Gasteiger partial charge in [0.2, 0.25) is 35.4 Å². The first-order chi connectivity index (χ1) is 28.5. The van der Waals surface area contributed by atoms with E-state index >= 15 is 0 Å². The van der Waals surface area contributed by atoms with Crippen LogP contribution in [0.15, 0.2) is 0 Å². The Morgan fingerprint density at radius 3 is 1.89 bits per heavy atom. The first kappa shape index (κ1) is 55.9. The summed E-state index contributed by atoms with van der Waals surface area (Å²) in [5, 5.41) is 9.75. The van der Waals surface area contributed by atoms with Gasteiger partial charge in [-0.3, -0.25) is 38.5 Å². The lowest BCUT2D eigenvalue weighted by molar-refractivity contribution is -0.148. The van der Waals surface area contributed by atoms with Crippen LogP contribution in [-0.4, -0.2) is 181 Å². The Hall–Kier alpha value is -3.13. The molecule has 0 unspecified atom stereocenters. The summed E-state index contributed by atoms with van der Waals surface area (Å²) in [6.45, 7) is 19.8. The van der Waals surface area contributed by atoms with E-state index in [0.717, 1.165) is 26.1 Å². The highest BCUT2D eigenvalue weighted by molar-refractivity contribution is 8.00. The largest absolute Gasteiger partial charge is 0.379 e. The molecule has 7 amide bonds. The molecule has 0 aromatic heterocycles. The van der Waals surface area contributed by atoms with Crippen molar-refractivity contribution in [1.82, 2.24) is 40.9 Å². The van der Waals surface area contributed by atoms with Crippen molar-refractivity contribution in [1.29, 1.82) is 0 Å². The predicted molar refractivity (Wildman–Crippen MR) is 243 cm³/mol. The lowest BCUT2D eigenvalue weighted by atomic mass is 9.95. The second-order valence-electron chi connectivity index (χ2n) is 17.2. The molecule has 1 saturated heterocycles. The van der Waals surface area contributed by atoms with Crippen LogP contribution in [0.1, 0.15) is 94.4 Å². The van der Waals surface area contributed by atoms with E-state index in [0.29, 0.717) is 31.3 Å². The lowest BCUT2D eigenvalue weighted by Crippen LogP contribution is -2.61. The van der Waals surface area contributed by atoms with E-state index in [2.05, 4.69) is 26.2 Å². The number of carbonyl (C=O) groups excluding carboxylic acids is 7. The van der Waals surface area contributed by atoms with Gasteiger partial charge in [0.25, 0.3) is 5.91 Å². The number of nitrogens with one attached hydrogen (secondary N) is 4. The van der Waals surface area contributed by atoms with Crippen molar-refractivity contribution in [2.24, 2.45) is 11.8 Å². The molecule has 1 fully saturated rings. The van der Waals surface area contributed by atoms with Crippen molar-refractivity contribution in [2.45, 2.75) is 136 Å². The molecule has 19 heteroatoms. The van der Waals surface area contributed by atoms with Crippen molar-refractivity contribution in [2.75, 3.05) is 79.0 Å². The molecule has 6 atom stereocenters. The molecule has 1 rings (SSSR count). The van der Waals surface area contributed by atoms with Crippen LogP contribution in [0.3, 0.4) is 0 Å². The highest BCUT2D eigenvalue weighted by atomic mass is 32.2. The molecule has 0 spiro atoms. The zero-order valence-corrected chi connectivity index (χ0v) is 41.0. The number of amides is 7. The topological polar surface area (TPSA) is 199 Å². The minimum Gasteiger partial charge on any atom is -0.379 e. The standard InChI is InChI=1S/C42H78N8O9S2/c1-15-17-33(51)49(13)41(61-23-16-18-50-19-21-58-22-20-50)40(57)48(12)32(25-42(8,9)59-26-60-14)38(55)46-34(28(4)5)39(56)47(11)31(24-27(2)3)37(54)45-30(7)36(53)44-29(6)35(52)43-10/h27-32,34,41H,15-26H2,1-14H3,(H,43,52)(H,44,53)(H,45,54)(H,46,55)/t29-,30+,31-,32-,34-,41+/m0/s1. The van der Waals surface area contributed by atoms with E-state index in [1.54, 1.807) is 27.9 Å². The van der Waals surface area contributed by atoms with Gasteiger partial charge < -0.3 is 45.4 Å². The maximum atomic E-state index is 14.6. The average molecular weight is 903 g/mol. The third kappa shape index (κ3) is 19.0. The monoisotopic (exact) mass is 903 g/mol. The summed E-state index contributed by atoms with van der Waals surface area (Å²) in [7, 11) is 6.11. The van der Waals surface area contributed by atoms with Gasteiger partial charge in [-0.1, -0.05) is 34.6 Å². The number of morpholine rings is 1. The average Bonchev–Trinajstić information content (AvgIpc) is 3.21. The van der Waals surface area contributed by atoms with E-state index < -0.39 is 82.5 Å². The molecule has 4 N–H and O–H groups in total. The summed E-state index contributed by atoms with van der Waals surface area (Å²) >= 11 is 2.84. The van der Waals surface area contributed by atoms with E-state index in [9.17, 15) is 33.6 Å². The lowest BCUT2D eigenvalue weighted by Gasteiger charge is -2.38. The number of carbonyl (C=O) groups is 7. The molecule has 0 aromatic carbocycles. The summed E-state index contributed by atoms with van der Waals surface area (Å²) in [6, 6.07) is -5.07. The van der Waals surface area contributed by atoms with Crippen molar-refractivity contribution >= 4 is 64.9 Å². The minimum atomic E-state index is -1.11. The molecule has 1 aliphatic heterocycles. The van der Waals surface area contributed by atoms with E-state index in [1.807, 2.05) is 40.9 Å². The Bertz CT molecular complexity index is 1430. The summed E-state index contributed by atoms with van der Waals surface area (Å²) in [5.74, 6) is -2.78. The van der Waals surface area contributed by atoms with E-state index in [-0.39, 0.29) is 31.1 Å². The SMILES string of the molecule is CCCC(=O)N(C)[C@H](SCCCN1CCOCC1)C(=O)N(C)[C@@H](CC(C)(C)OCSC)C(=O)N[C@H](C(=O)N(C)[C@@H](CC(C)C)C(=O)N[C@H](C)C(=O)N[C@@H](C)C(=O)NC)C(C)C. The summed E-state index contributed by atoms with van der Waals surface area (Å²) in [5.41, 5.74) is -0.875. The molecule has 61 heavy (non-hydrogen) atoms. The number of ether oxygens (including phenoxy) is 2. The van der Waals surface area contributed by atoms with Crippen molar-refractivity contribution in [3.63, 3.8) is 0 Å². The fraction of sp³-hybridized carbons (Fsp3) is 0.833. The first-order valence-electron chi connectivity index (χ1n) is 21.5. The van der Waals surface area contributed by atoms with Gasteiger partial charge in [0.15, 0.2) is 5.37 Å². The molecular weight excluding hydrogens is 825 g/mol. The molecule has 352 valence electrons. The fourth-order valence-corrected chi connectivity index (χ4v) is 8.28. The second-order valence-corrected chi connectivity index (χ2v) is 19.2. The zero-order chi connectivity index (χ0) is 46.6. The quantitative estimate of drug-likeness (QED) is 0.0694. The van der Waals surface area contributed by atoms with Gasteiger partial charge in [0, 0.05) is 54.1 Å². The van der Waals surface area contributed by atoms with Crippen molar-refractivity contribution < 1.29 is 43.0 Å². The highest BCUT2D eigenvalue weighted by Crippen LogP contribution is 2.26. The normalized spacial score (nSPS) is 16.4. The molecule has 1 heterocycles. The predicted octanol–water partition coefficient (Wildman–Crippen LogP) is 2.13. The Labute approximate surface area is 374 Å². The zero-order valence-electron chi connectivity index (χ0n) is 39.4. The highest BCUT2D eigenvalue weighted by Gasteiger charge is 2.41. The van der Waals surface area contributed by atoms with Crippen LogP contribution in [0.5, 0.6) is 0 Å². The smallest absolute Gasteiger partial charge is 0.256 e. The molecule has 1 aliphatic rings. The van der Waals surface area contributed by atoms with E-state index in [1.165, 1.54) is 66.2 Å². The molecular formula is C42H78N8O9S2. The van der Waals surface area contributed by atoms with E-state index in [4.69, 9.17) is 9.47 Å². The summed E-state index contributed by atoms with van der Waals surface area (Å²) < 4.78 is 11.6. The van der Waals surface area contributed by atoms with Gasteiger partial charge in [-0.2, -0.15) is 0 Å². The van der Waals surface area contributed by atoms with Crippen LogP contribution in [-0.2, 0) is 43.0 Å². The molecule has 0 radical (unpaired) electrons. The minimum absolute atomic E-state index is 0.0319. The van der Waals surface area contributed by atoms with Gasteiger partial charge in [-0.15, -0.1) is 23.5 Å². The van der Waals surface area contributed by atoms with Crippen molar-refractivity contribution in [3.05, 3.63) is 0 Å². The Kier molecular flexibility index (Phi) is 25.5. The number of hydrogen-bond donors (Lipinski definition) is 4. The number of thioether (sulfide) groups is 2. The van der Waals surface area contributed by atoms with Crippen LogP contribution in [0.2, 0.25) is 0 Å². The molecule has 0 bridgehead atoms. The summed E-state index contributed by atoms with van der Waals surface area (Å²) in [6.07, 6.45) is 3.89. The second kappa shape index (κ2) is 27.8. The van der Waals surface area contributed by atoms with Gasteiger partial charge in [0.05, 0.1) is 24.8 Å². The van der Waals surface area contributed by atoms with Crippen LogP contribution in [0, 0.1) is 11.8 Å². The van der Waals surface area contributed by atoms with Crippen LogP contribution < -0.4 is 21.3 Å². The summed E-state index contributed by atoms with van der Waals surface area (Å²) in [4.78, 5) is 102. The molecule has 17 nitrogen and oxygen atoms in total. The molecule has 0 aliphatic carbocycles. The van der Waals surface area contributed by atoms with Crippen LogP contribution in [0.25, 0.3) is 0 Å². The Balaban J connectivity index is 3.47. The Morgan fingerprint density at radius 1 is 0.787 bits per heavy atom. The first-order valence-corrected chi connectivity index (χ1v) is 23.9. The Morgan fingerprint density at radius 2 is 1.34 bits per heavy atom. The fourth-order valence-electron chi connectivity index (χ4n) is 6.67. The van der Waals surface area contributed by atoms with Gasteiger partial charge in [-0.25, -0.2) is 0 Å². The molecule has 0 saturated carbocycles. The van der Waals surface area contributed by atoms with Crippen LogP contribution in [0.4, 0.5) is 0 Å². The maximum absolute atomic E-state index is 14.6. The van der Waals surface area contributed by atoms with Crippen LogP contribution >= 0.6 is 23.5 Å². The number of likely N-dealkylation sites (N-methyl/N-ethyl adjacent to an activating group) is 4. The maximum Gasteiger partial charge on any atom is 0.256 e. The van der Waals surface area contributed by atoms with Gasteiger partial charge >= 0.3 is 0 Å².